The van der Waals surface area contributed by atoms with Crippen molar-refractivity contribution >= 4 is 6.21 Å². The lowest BCUT2D eigenvalue weighted by atomic mass is 10.1. The van der Waals surface area contributed by atoms with Gasteiger partial charge in [0.05, 0.1) is 0 Å². The van der Waals surface area contributed by atoms with Gasteiger partial charge < -0.3 is 10.2 Å². The van der Waals surface area contributed by atoms with Gasteiger partial charge in [-0.1, -0.05) is 5.16 Å². The van der Waals surface area contributed by atoms with Crippen LogP contribution in [0.15, 0.2) is 5.16 Å². The van der Waals surface area contributed by atoms with Gasteiger partial charge in [0, 0.05) is 25.2 Å². The van der Waals surface area contributed by atoms with Gasteiger partial charge in [0.15, 0.2) is 0 Å². The molecule has 1 N–H and O–H groups in total. The van der Waals surface area contributed by atoms with Crippen molar-refractivity contribution < 1.29 is 4.84 Å². The molecule has 0 saturated carbocycles. The summed E-state index contributed by atoms with van der Waals surface area (Å²) in [4.78, 5) is 4.49. The van der Waals surface area contributed by atoms with Gasteiger partial charge in [-0.2, -0.15) is 0 Å². The first kappa shape index (κ1) is 5.56. The molecule has 3 nitrogen and oxygen atoms in total. The summed E-state index contributed by atoms with van der Waals surface area (Å²) >= 11 is 0. The molecule has 0 bridgehead atoms. The highest BCUT2D eigenvalue weighted by Gasteiger charge is 2.13. The van der Waals surface area contributed by atoms with Crippen molar-refractivity contribution in [2.75, 3.05) is 20.2 Å². The Kier molecular flexibility index (Phi) is 1.86. The normalized spacial score (nSPS) is 21.1. The van der Waals surface area contributed by atoms with Crippen LogP contribution in [0.5, 0.6) is 0 Å². The van der Waals surface area contributed by atoms with Gasteiger partial charge >= 0.3 is 0 Å². The minimum Gasteiger partial charge on any atom is -0.399 e. The molecule has 0 amide bonds. The third-order valence-corrected chi connectivity index (χ3v) is 1.19. The molecule has 1 saturated heterocycles. The molecular formula is C5H10N2O. The van der Waals surface area contributed by atoms with Crippen molar-refractivity contribution in [3.63, 3.8) is 0 Å². The topological polar surface area (TPSA) is 33.6 Å². The fraction of sp³-hybridized carbons (Fsp3) is 0.800. The second kappa shape index (κ2) is 2.67. The van der Waals surface area contributed by atoms with Crippen LogP contribution in [0, 0.1) is 5.92 Å². The Labute approximate surface area is 48.7 Å². The summed E-state index contributed by atoms with van der Waals surface area (Å²) in [5, 5.41) is 6.75. The molecule has 8 heavy (non-hydrogen) atoms. The number of hydrogen-bond acceptors (Lipinski definition) is 3. The van der Waals surface area contributed by atoms with E-state index in [2.05, 4.69) is 15.3 Å². The van der Waals surface area contributed by atoms with Crippen LogP contribution in [-0.2, 0) is 4.84 Å². The maximum Gasteiger partial charge on any atom is 0.106 e. The van der Waals surface area contributed by atoms with Crippen molar-refractivity contribution in [2.45, 2.75) is 0 Å². The fourth-order valence-corrected chi connectivity index (χ4v) is 0.563. The van der Waals surface area contributed by atoms with E-state index in [9.17, 15) is 0 Å². The molecule has 1 heterocycles. The molecule has 3 heteroatoms. The quantitative estimate of drug-likeness (QED) is 0.399. The fourth-order valence-electron chi connectivity index (χ4n) is 0.563. The largest absolute Gasteiger partial charge is 0.399 e. The predicted octanol–water partition coefficient (Wildman–Crippen LogP) is -0.162. The van der Waals surface area contributed by atoms with Crippen LogP contribution in [0.2, 0.25) is 0 Å². The molecule has 0 unspecified atom stereocenters. The number of hydrogen-bond donors (Lipinski definition) is 1. The standard InChI is InChI=1S/C5H10N2O/c1-8-7-4-5-2-6-3-5/h4-6H,2-3H2,1H3. The van der Waals surface area contributed by atoms with E-state index in [1.807, 2.05) is 6.21 Å². The lowest BCUT2D eigenvalue weighted by Crippen LogP contribution is -2.42. The van der Waals surface area contributed by atoms with E-state index in [0.29, 0.717) is 5.92 Å². The van der Waals surface area contributed by atoms with Crippen molar-refractivity contribution in [2.24, 2.45) is 11.1 Å². The van der Waals surface area contributed by atoms with Crippen molar-refractivity contribution in [3.05, 3.63) is 0 Å². The minimum atomic E-state index is 0.606. The summed E-state index contributed by atoms with van der Waals surface area (Å²) in [6.45, 7) is 2.10. The zero-order chi connectivity index (χ0) is 5.82. The van der Waals surface area contributed by atoms with E-state index in [4.69, 9.17) is 0 Å². The van der Waals surface area contributed by atoms with Crippen LogP contribution in [0.4, 0.5) is 0 Å². The van der Waals surface area contributed by atoms with Crippen molar-refractivity contribution in [1.29, 1.82) is 0 Å². The summed E-state index contributed by atoms with van der Waals surface area (Å²) in [6, 6.07) is 0. The summed E-state index contributed by atoms with van der Waals surface area (Å²) < 4.78 is 0. The first-order valence-electron chi connectivity index (χ1n) is 2.71. The molecule has 1 aliphatic heterocycles. The van der Waals surface area contributed by atoms with Gasteiger partial charge in [-0.05, 0) is 0 Å². The minimum absolute atomic E-state index is 0.606. The van der Waals surface area contributed by atoms with Gasteiger partial charge in [0.25, 0.3) is 0 Å². The highest BCUT2D eigenvalue weighted by atomic mass is 16.6. The second-order valence-electron chi connectivity index (χ2n) is 1.86. The Balaban J connectivity index is 2.08. The Bertz CT molecular complexity index is 88.4. The molecule has 0 aromatic rings. The lowest BCUT2D eigenvalue weighted by molar-refractivity contribution is 0.212. The summed E-state index contributed by atoms with van der Waals surface area (Å²) in [6.07, 6.45) is 1.83. The molecule has 0 aromatic carbocycles. The Morgan fingerprint density at radius 1 is 1.75 bits per heavy atom. The van der Waals surface area contributed by atoms with E-state index >= 15 is 0 Å². The monoisotopic (exact) mass is 114 g/mol. The van der Waals surface area contributed by atoms with Crippen molar-refractivity contribution in [3.8, 4) is 0 Å². The zero-order valence-corrected chi connectivity index (χ0v) is 4.92. The predicted molar refractivity (Wildman–Crippen MR) is 31.9 cm³/mol. The maximum absolute atomic E-state index is 4.49. The number of nitrogens with zero attached hydrogens (tertiary/aromatic N) is 1. The Morgan fingerprint density at radius 2 is 2.50 bits per heavy atom. The van der Waals surface area contributed by atoms with E-state index in [1.54, 1.807) is 7.11 Å². The third-order valence-electron chi connectivity index (χ3n) is 1.19. The van der Waals surface area contributed by atoms with E-state index in [1.165, 1.54) is 0 Å². The molecule has 0 radical (unpaired) electrons. The summed E-state index contributed by atoms with van der Waals surface area (Å²) in [5.74, 6) is 0.606. The van der Waals surface area contributed by atoms with Gasteiger partial charge in [-0.15, -0.1) is 0 Å². The van der Waals surface area contributed by atoms with Crippen LogP contribution in [0.1, 0.15) is 0 Å². The zero-order valence-electron chi connectivity index (χ0n) is 4.92. The average Bonchev–Trinajstić information content (AvgIpc) is 1.63. The molecule has 46 valence electrons. The highest BCUT2D eigenvalue weighted by molar-refractivity contribution is 5.61. The maximum atomic E-state index is 4.49. The molecule has 0 aliphatic carbocycles. The van der Waals surface area contributed by atoms with Crippen LogP contribution in [0.3, 0.4) is 0 Å². The number of nitrogens with one attached hydrogen (secondary N) is 1. The number of oxime groups is 1. The van der Waals surface area contributed by atoms with Crippen LogP contribution in [-0.4, -0.2) is 26.4 Å². The van der Waals surface area contributed by atoms with Gasteiger partial charge in [-0.3, -0.25) is 0 Å². The first-order chi connectivity index (χ1) is 3.93. The first-order valence-corrected chi connectivity index (χ1v) is 2.71. The van der Waals surface area contributed by atoms with Gasteiger partial charge in [0.2, 0.25) is 0 Å². The third kappa shape index (κ3) is 1.20. The smallest absolute Gasteiger partial charge is 0.106 e. The van der Waals surface area contributed by atoms with E-state index in [-0.39, 0.29) is 0 Å². The average molecular weight is 114 g/mol. The van der Waals surface area contributed by atoms with Crippen LogP contribution >= 0.6 is 0 Å². The van der Waals surface area contributed by atoms with Gasteiger partial charge in [-0.25, -0.2) is 0 Å². The molecular weight excluding hydrogens is 104 g/mol. The van der Waals surface area contributed by atoms with E-state index < -0.39 is 0 Å². The molecule has 0 aromatic heterocycles. The van der Waals surface area contributed by atoms with Crippen LogP contribution in [0.25, 0.3) is 0 Å². The Morgan fingerprint density at radius 3 is 2.88 bits per heavy atom. The molecule has 0 atom stereocenters. The van der Waals surface area contributed by atoms with E-state index in [0.717, 1.165) is 13.1 Å². The Hall–Kier alpha value is -0.570. The van der Waals surface area contributed by atoms with Crippen LogP contribution < -0.4 is 5.32 Å². The molecule has 0 spiro atoms. The molecule has 1 aliphatic rings. The second-order valence-corrected chi connectivity index (χ2v) is 1.86. The summed E-state index contributed by atoms with van der Waals surface area (Å²) in [7, 11) is 1.56. The summed E-state index contributed by atoms with van der Waals surface area (Å²) in [5.41, 5.74) is 0. The number of rotatable bonds is 2. The highest BCUT2D eigenvalue weighted by Crippen LogP contribution is 1.97. The molecule has 1 fully saturated rings. The SMILES string of the molecule is CON=CC1CNC1. The lowest BCUT2D eigenvalue weighted by Gasteiger charge is -2.21. The molecule has 1 rings (SSSR count). The van der Waals surface area contributed by atoms with Crippen molar-refractivity contribution in [1.82, 2.24) is 5.32 Å². The van der Waals surface area contributed by atoms with Gasteiger partial charge in [0.1, 0.15) is 7.11 Å².